The van der Waals surface area contributed by atoms with Crippen LogP contribution in [0.3, 0.4) is 0 Å². The van der Waals surface area contributed by atoms with Crippen LogP contribution in [0.15, 0.2) is 82.0 Å². The first-order valence-electron chi connectivity index (χ1n) is 6.81. The second kappa shape index (κ2) is 7.57. The van der Waals surface area contributed by atoms with E-state index in [0.29, 0.717) is 17.4 Å². The lowest BCUT2D eigenvalue weighted by atomic mass is 9.99. The van der Waals surface area contributed by atoms with Gasteiger partial charge in [0.05, 0.1) is 11.3 Å². The van der Waals surface area contributed by atoms with Crippen molar-refractivity contribution in [3.8, 4) is 0 Å². The molecule has 0 radical (unpaired) electrons. The van der Waals surface area contributed by atoms with E-state index in [2.05, 4.69) is 23.3 Å². The molecule has 0 aromatic heterocycles. The fourth-order valence-electron chi connectivity index (χ4n) is 2.24. The SMILES string of the molecule is C=CC1=C(/C=C\C)C(=C(/N=C)c2ccccc2)/C(=N\CCl)O1. The zero-order chi connectivity index (χ0) is 15.9. The van der Waals surface area contributed by atoms with Crippen LogP contribution in [0, 0.1) is 0 Å². The summed E-state index contributed by atoms with van der Waals surface area (Å²) in [4.78, 5) is 8.42. The molecule has 2 rings (SSSR count). The van der Waals surface area contributed by atoms with Crippen LogP contribution in [-0.4, -0.2) is 18.6 Å². The third kappa shape index (κ3) is 3.10. The van der Waals surface area contributed by atoms with Gasteiger partial charge in [-0.1, -0.05) is 49.1 Å². The van der Waals surface area contributed by atoms with E-state index in [4.69, 9.17) is 16.3 Å². The number of rotatable bonds is 5. The maximum absolute atomic E-state index is 5.76. The highest BCUT2D eigenvalue weighted by molar-refractivity contribution is 6.19. The third-order valence-electron chi connectivity index (χ3n) is 3.12. The summed E-state index contributed by atoms with van der Waals surface area (Å²) in [5.41, 5.74) is 3.28. The Morgan fingerprint density at radius 3 is 2.59 bits per heavy atom. The van der Waals surface area contributed by atoms with Crippen molar-refractivity contribution in [1.82, 2.24) is 0 Å². The Morgan fingerprint density at radius 1 is 1.32 bits per heavy atom. The van der Waals surface area contributed by atoms with Crippen molar-refractivity contribution in [3.05, 3.63) is 77.6 Å². The van der Waals surface area contributed by atoms with E-state index >= 15 is 0 Å². The topological polar surface area (TPSA) is 34.0 Å². The summed E-state index contributed by atoms with van der Waals surface area (Å²) in [7, 11) is 0. The summed E-state index contributed by atoms with van der Waals surface area (Å²) < 4.78 is 5.76. The van der Waals surface area contributed by atoms with Gasteiger partial charge in [0.15, 0.2) is 0 Å². The molecule has 0 unspecified atom stereocenters. The van der Waals surface area contributed by atoms with Crippen LogP contribution >= 0.6 is 11.6 Å². The maximum Gasteiger partial charge on any atom is 0.226 e. The molecule has 0 fully saturated rings. The van der Waals surface area contributed by atoms with Crippen LogP contribution < -0.4 is 0 Å². The molecule has 112 valence electrons. The predicted molar refractivity (Wildman–Crippen MR) is 94.2 cm³/mol. The molecule has 0 amide bonds. The van der Waals surface area contributed by atoms with Crippen molar-refractivity contribution in [2.45, 2.75) is 6.92 Å². The summed E-state index contributed by atoms with van der Waals surface area (Å²) in [5.74, 6) is 1.07. The Morgan fingerprint density at radius 2 is 2.05 bits per heavy atom. The number of hydrogen-bond donors (Lipinski definition) is 0. The Labute approximate surface area is 135 Å². The van der Waals surface area contributed by atoms with Crippen molar-refractivity contribution in [2.75, 3.05) is 6.00 Å². The molecule has 1 aliphatic heterocycles. The van der Waals surface area contributed by atoms with E-state index in [0.717, 1.165) is 16.7 Å². The second-order valence-electron chi connectivity index (χ2n) is 4.41. The number of benzene rings is 1. The molecule has 0 saturated heterocycles. The number of ether oxygens (including phenoxy) is 1. The molecule has 1 aromatic carbocycles. The largest absolute Gasteiger partial charge is 0.438 e. The lowest BCUT2D eigenvalue weighted by Gasteiger charge is -2.08. The van der Waals surface area contributed by atoms with Gasteiger partial charge in [-0.3, -0.25) is 4.99 Å². The molecule has 0 saturated carbocycles. The predicted octanol–water partition coefficient (Wildman–Crippen LogP) is 4.74. The summed E-state index contributed by atoms with van der Waals surface area (Å²) in [5, 5.41) is 0. The molecule has 0 aliphatic carbocycles. The molecule has 0 N–H and O–H groups in total. The first-order valence-corrected chi connectivity index (χ1v) is 7.35. The van der Waals surface area contributed by atoms with E-state index in [1.807, 2.05) is 49.4 Å². The van der Waals surface area contributed by atoms with Crippen LogP contribution in [0.5, 0.6) is 0 Å². The molecule has 0 atom stereocenters. The Balaban J connectivity index is 2.75. The van der Waals surface area contributed by atoms with Crippen LogP contribution in [0.1, 0.15) is 12.5 Å². The van der Waals surface area contributed by atoms with E-state index < -0.39 is 0 Å². The number of nitrogens with zero attached hydrogens (tertiary/aromatic N) is 2. The molecule has 3 nitrogen and oxygen atoms in total. The molecule has 22 heavy (non-hydrogen) atoms. The van der Waals surface area contributed by atoms with E-state index in [1.54, 1.807) is 6.08 Å². The van der Waals surface area contributed by atoms with E-state index in [9.17, 15) is 0 Å². The normalized spacial score (nSPS) is 18.7. The van der Waals surface area contributed by atoms with Crippen molar-refractivity contribution in [1.29, 1.82) is 0 Å². The van der Waals surface area contributed by atoms with E-state index in [1.165, 1.54) is 0 Å². The minimum absolute atomic E-state index is 0.103. The van der Waals surface area contributed by atoms with Crippen molar-refractivity contribution < 1.29 is 4.74 Å². The van der Waals surface area contributed by atoms with Gasteiger partial charge >= 0.3 is 0 Å². The zero-order valence-electron chi connectivity index (χ0n) is 12.4. The fraction of sp³-hybridized carbons (Fsp3) is 0.111. The number of halogens is 1. The van der Waals surface area contributed by atoms with Gasteiger partial charge in [-0.05, 0) is 19.7 Å². The molecule has 4 heteroatoms. The number of aliphatic imine (C=N–C) groups is 2. The smallest absolute Gasteiger partial charge is 0.226 e. The maximum atomic E-state index is 5.76. The lowest BCUT2D eigenvalue weighted by molar-refractivity contribution is 0.447. The number of hydrogen-bond acceptors (Lipinski definition) is 3. The van der Waals surface area contributed by atoms with Crippen LogP contribution in [0.4, 0.5) is 0 Å². The van der Waals surface area contributed by atoms with Gasteiger partial charge in [-0.25, -0.2) is 4.99 Å². The van der Waals surface area contributed by atoms with Gasteiger partial charge < -0.3 is 4.74 Å². The molecular weight excluding hydrogens is 296 g/mol. The minimum atomic E-state index is 0.103. The molecule has 0 bridgehead atoms. The van der Waals surface area contributed by atoms with Crippen molar-refractivity contribution >= 4 is 29.9 Å². The average molecular weight is 313 g/mol. The first kappa shape index (κ1) is 16.0. The molecular formula is C18H17ClN2O. The standard InChI is InChI=1S/C18H17ClN2O/c1-4-9-14-15(5-2)22-18(21-12-19)16(14)17(20-3)13-10-7-6-8-11-13/h4-11H,2-3,12H2,1H3/b9-4-,17-16-,21-18+. The summed E-state index contributed by atoms with van der Waals surface area (Å²) in [6.45, 7) is 9.42. The molecule has 1 aliphatic rings. The molecule has 0 spiro atoms. The fourth-order valence-corrected chi connectivity index (χ4v) is 2.35. The number of allylic oxidation sites excluding steroid dienone is 3. The summed E-state index contributed by atoms with van der Waals surface area (Å²) in [6, 6.07) is 9.88. The summed E-state index contributed by atoms with van der Waals surface area (Å²) in [6.07, 6.45) is 5.52. The quantitative estimate of drug-likeness (QED) is 0.439. The van der Waals surface area contributed by atoms with E-state index in [-0.39, 0.29) is 6.00 Å². The second-order valence-corrected chi connectivity index (χ2v) is 4.65. The van der Waals surface area contributed by atoms with Crippen LogP contribution in [0.25, 0.3) is 5.70 Å². The average Bonchev–Trinajstić information content (AvgIpc) is 2.88. The number of alkyl halides is 1. The Bertz CT molecular complexity index is 697. The van der Waals surface area contributed by atoms with Gasteiger partial charge in [0.25, 0.3) is 0 Å². The third-order valence-corrected chi connectivity index (χ3v) is 3.24. The van der Waals surface area contributed by atoms with Crippen LogP contribution in [0.2, 0.25) is 0 Å². The highest BCUT2D eigenvalue weighted by Crippen LogP contribution is 2.35. The monoisotopic (exact) mass is 312 g/mol. The highest BCUT2D eigenvalue weighted by atomic mass is 35.5. The van der Waals surface area contributed by atoms with Crippen molar-refractivity contribution in [3.63, 3.8) is 0 Å². The van der Waals surface area contributed by atoms with Crippen molar-refractivity contribution in [2.24, 2.45) is 9.98 Å². The lowest BCUT2D eigenvalue weighted by Crippen LogP contribution is -2.03. The minimum Gasteiger partial charge on any atom is -0.438 e. The summed E-state index contributed by atoms with van der Waals surface area (Å²) >= 11 is 5.76. The van der Waals surface area contributed by atoms with Gasteiger partial charge in [0, 0.05) is 11.1 Å². The highest BCUT2D eigenvalue weighted by Gasteiger charge is 2.28. The molecule has 1 aromatic rings. The molecule has 1 heterocycles. The van der Waals surface area contributed by atoms with Gasteiger partial charge in [0.2, 0.25) is 5.90 Å². The first-order chi connectivity index (χ1) is 10.8. The zero-order valence-corrected chi connectivity index (χ0v) is 13.2. The van der Waals surface area contributed by atoms with Gasteiger partial charge in [-0.2, -0.15) is 0 Å². The Hall–Kier alpha value is -2.39. The van der Waals surface area contributed by atoms with Gasteiger partial charge in [-0.15, -0.1) is 11.6 Å². The van der Waals surface area contributed by atoms with Crippen LogP contribution in [-0.2, 0) is 4.74 Å². The Kier molecular flexibility index (Phi) is 5.50. The van der Waals surface area contributed by atoms with Gasteiger partial charge in [0.1, 0.15) is 11.8 Å².